The highest BCUT2D eigenvalue weighted by Gasteiger charge is 2.19. The first-order valence-corrected chi connectivity index (χ1v) is 11.3. The van der Waals surface area contributed by atoms with Gasteiger partial charge in [-0.1, -0.05) is 29.4 Å². The second-order valence-corrected chi connectivity index (χ2v) is 8.99. The Morgan fingerprint density at radius 1 is 1.10 bits per heavy atom. The number of carbonyl (C=O) groups excluding carboxylic acids is 1. The molecule has 1 aromatic heterocycles. The molecule has 3 rings (SSSR count). The maximum atomic E-state index is 12.3. The number of anilines is 1. The second kappa shape index (κ2) is 9.75. The van der Waals surface area contributed by atoms with Crippen molar-refractivity contribution in [1.29, 1.82) is 0 Å². The minimum absolute atomic E-state index is 0.0887. The van der Waals surface area contributed by atoms with Crippen LogP contribution in [-0.4, -0.2) is 26.4 Å². The number of nitrogens with zero attached hydrogens (tertiary/aromatic N) is 3. The number of aromatic nitrogens is 3. The van der Waals surface area contributed by atoms with E-state index in [1.807, 2.05) is 76.6 Å². The zero-order valence-corrected chi connectivity index (χ0v) is 20.2. The lowest BCUT2D eigenvalue weighted by molar-refractivity contribution is -0.113. The maximum absolute atomic E-state index is 12.3. The van der Waals surface area contributed by atoms with E-state index in [0.29, 0.717) is 11.0 Å². The summed E-state index contributed by atoms with van der Waals surface area (Å²) in [6.07, 6.45) is -0.309. The third-order valence-corrected chi connectivity index (χ3v) is 6.69. The Bertz CT molecular complexity index is 1090. The van der Waals surface area contributed by atoms with E-state index < -0.39 is 0 Å². The standard InChI is InChI=1S/C23H27ClN4O2S/c1-13-7-8-18(9-14(13)2)25-20(29)12-31-23-27-26-22(28(23)6)17(5)30-19-10-15(3)21(24)16(4)11-19/h7-11,17H,12H2,1-6H3,(H,25,29). The Hall–Kier alpha value is -2.51. The molecule has 0 aliphatic carbocycles. The molecule has 1 atom stereocenters. The summed E-state index contributed by atoms with van der Waals surface area (Å²) in [6, 6.07) is 9.70. The molecule has 1 unspecified atom stereocenters. The predicted molar refractivity (Wildman–Crippen MR) is 126 cm³/mol. The van der Waals surface area contributed by atoms with E-state index in [4.69, 9.17) is 16.3 Å². The predicted octanol–water partition coefficient (Wildman–Crippen LogP) is 5.57. The summed E-state index contributed by atoms with van der Waals surface area (Å²) in [4.78, 5) is 12.3. The molecular formula is C23H27ClN4O2S. The van der Waals surface area contributed by atoms with Gasteiger partial charge in [-0.2, -0.15) is 0 Å². The summed E-state index contributed by atoms with van der Waals surface area (Å²) < 4.78 is 7.92. The molecule has 0 saturated heterocycles. The summed E-state index contributed by atoms with van der Waals surface area (Å²) >= 11 is 7.58. The van der Waals surface area contributed by atoms with Crippen molar-refractivity contribution < 1.29 is 9.53 Å². The van der Waals surface area contributed by atoms with Crippen molar-refractivity contribution in [3.8, 4) is 5.75 Å². The summed E-state index contributed by atoms with van der Waals surface area (Å²) in [7, 11) is 1.87. The van der Waals surface area contributed by atoms with Gasteiger partial charge in [0.1, 0.15) is 5.75 Å². The summed E-state index contributed by atoms with van der Waals surface area (Å²) in [5.41, 5.74) is 5.06. The van der Waals surface area contributed by atoms with Crippen LogP contribution in [0, 0.1) is 27.7 Å². The van der Waals surface area contributed by atoms with Crippen molar-refractivity contribution in [2.45, 2.75) is 45.9 Å². The fourth-order valence-corrected chi connectivity index (χ4v) is 4.01. The van der Waals surface area contributed by atoms with E-state index in [9.17, 15) is 4.79 Å². The van der Waals surface area contributed by atoms with E-state index in [1.54, 1.807) is 0 Å². The number of hydrogen-bond donors (Lipinski definition) is 1. The maximum Gasteiger partial charge on any atom is 0.234 e. The Morgan fingerprint density at radius 3 is 2.42 bits per heavy atom. The molecule has 0 spiro atoms. The van der Waals surface area contributed by atoms with Gasteiger partial charge in [-0.05, 0) is 81.1 Å². The average Bonchev–Trinajstić information content (AvgIpc) is 3.08. The van der Waals surface area contributed by atoms with Gasteiger partial charge in [-0.25, -0.2) is 0 Å². The van der Waals surface area contributed by atoms with Crippen LogP contribution in [0.25, 0.3) is 0 Å². The molecule has 1 heterocycles. The van der Waals surface area contributed by atoms with Gasteiger partial charge in [-0.15, -0.1) is 10.2 Å². The minimum atomic E-state index is -0.309. The number of halogens is 1. The van der Waals surface area contributed by atoms with Crippen LogP contribution in [-0.2, 0) is 11.8 Å². The van der Waals surface area contributed by atoms with Crippen LogP contribution in [0.4, 0.5) is 5.69 Å². The quantitative estimate of drug-likeness (QED) is 0.468. The van der Waals surface area contributed by atoms with Crippen molar-refractivity contribution in [3.05, 3.63) is 63.4 Å². The summed E-state index contributed by atoms with van der Waals surface area (Å²) in [5, 5.41) is 12.8. The Balaban J connectivity index is 1.61. The van der Waals surface area contributed by atoms with Gasteiger partial charge in [0.25, 0.3) is 0 Å². The largest absolute Gasteiger partial charge is 0.483 e. The normalized spacial score (nSPS) is 12.0. The van der Waals surface area contributed by atoms with Crippen LogP contribution in [0.5, 0.6) is 5.75 Å². The first-order valence-electron chi connectivity index (χ1n) is 9.98. The SMILES string of the molecule is Cc1ccc(NC(=O)CSc2nnc(C(C)Oc3cc(C)c(Cl)c(C)c3)n2C)cc1C. The second-order valence-electron chi connectivity index (χ2n) is 7.67. The van der Waals surface area contributed by atoms with Crippen LogP contribution in [0.1, 0.15) is 41.1 Å². The van der Waals surface area contributed by atoms with E-state index in [-0.39, 0.29) is 17.8 Å². The molecule has 0 bridgehead atoms. The third-order valence-electron chi connectivity index (χ3n) is 5.08. The van der Waals surface area contributed by atoms with Gasteiger partial charge in [-0.3, -0.25) is 4.79 Å². The average molecular weight is 459 g/mol. The lowest BCUT2D eigenvalue weighted by atomic mass is 10.1. The smallest absolute Gasteiger partial charge is 0.234 e. The molecule has 0 aliphatic rings. The van der Waals surface area contributed by atoms with Crippen LogP contribution in [0.2, 0.25) is 5.02 Å². The lowest BCUT2D eigenvalue weighted by Gasteiger charge is -2.16. The van der Waals surface area contributed by atoms with Gasteiger partial charge in [0, 0.05) is 17.8 Å². The van der Waals surface area contributed by atoms with Gasteiger partial charge in [0.05, 0.1) is 5.75 Å². The van der Waals surface area contributed by atoms with Crippen LogP contribution in [0.3, 0.4) is 0 Å². The highest BCUT2D eigenvalue weighted by atomic mass is 35.5. The van der Waals surface area contributed by atoms with E-state index in [2.05, 4.69) is 15.5 Å². The van der Waals surface area contributed by atoms with E-state index in [1.165, 1.54) is 17.3 Å². The van der Waals surface area contributed by atoms with Gasteiger partial charge in [0.15, 0.2) is 17.1 Å². The fraction of sp³-hybridized carbons (Fsp3) is 0.348. The molecule has 31 heavy (non-hydrogen) atoms. The molecule has 0 fully saturated rings. The summed E-state index contributed by atoms with van der Waals surface area (Å²) in [5.74, 6) is 1.57. The molecule has 0 aliphatic heterocycles. The molecule has 6 nitrogen and oxygen atoms in total. The molecule has 1 amide bonds. The van der Waals surface area contributed by atoms with Crippen molar-refractivity contribution in [2.24, 2.45) is 7.05 Å². The van der Waals surface area contributed by atoms with E-state index >= 15 is 0 Å². The monoisotopic (exact) mass is 458 g/mol. The molecule has 0 radical (unpaired) electrons. The number of ether oxygens (including phenoxy) is 1. The fourth-order valence-electron chi connectivity index (χ4n) is 3.18. The zero-order valence-electron chi connectivity index (χ0n) is 18.6. The van der Waals surface area contributed by atoms with Crippen LogP contribution >= 0.6 is 23.4 Å². The Labute approximate surface area is 192 Å². The van der Waals surface area contributed by atoms with Crippen LogP contribution in [0.15, 0.2) is 35.5 Å². The van der Waals surface area contributed by atoms with Crippen molar-refractivity contribution in [2.75, 3.05) is 11.1 Å². The number of rotatable bonds is 7. The molecule has 1 N–H and O–H groups in total. The molecule has 0 saturated carbocycles. The number of benzene rings is 2. The lowest BCUT2D eigenvalue weighted by Crippen LogP contribution is -2.15. The van der Waals surface area contributed by atoms with Crippen molar-refractivity contribution in [1.82, 2.24) is 14.8 Å². The molecule has 8 heteroatoms. The number of hydrogen-bond acceptors (Lipinski definition) is 5. The van der Waals surface area contributed by atoms with Crippen LogP contribution < -0.4 is 10.1 Å². The first-order chi connectivity index (χ1) is 14.7. The molecule has 3 aromatic rings. The molecular weight excluding hydrogens is 432 g/mol. The van der Waals surface area contributed by atoms with Gasteiger partial charge >= 0.3 is 0 Å². The number of nitrogens with one attached hydrogen (secondary N) is 1. The van der Waals surface area contributed by atoms with Crippen molar-refractivity contribution in [3.63, 3.8) is 0 Å². The number of carbonyl (C=O) groups is 1. The Kier molecular flexibility index (Phi) is 7.28. The number of amides is 1. The first kappa shape index (κ1) is 23.2. The van der Waals surface area contributed by atoms with E-state index in [0.717, 1.165) is 33.1 Å². The minimum Gasteiger partial charge on any atom is -0.483 e. The number of thioether (sulfide) groups is 1. The molecule has 164 valence electrons. The number of aryl methyl sites for hydroxylation is 4. The molecule has 2 aromatic carbocycles. The topological polar surface area (TPSA) is 69.0 Å². The Morgan fingerprint density at radius 2 is 1.77 bits per heavy atom. The zero-order chi connectivity index (χ0) is 22.7. The highest BCUT2D eigenvalue weighted by molar-refractivity contribution is 7.99. The third kappa shape index (κ3) is 5.60. The van der Waals surface area contributed by atoms with Crippen molar-refractivity contribution >= 4 is 35.0 Å². The highest BCUT2D eigenvalue weighted by Crippen LogP contribution is 2.29. The summed E-state index contributed by atoms with van der Waals surface area (Å²) in [6.45, 7) is 9.89. The van der Waals surface area contributed by atoms with Gasteiger partial charge in [0.2, 0.25) is 5.91 Å². The van der Waals surface area contributed by atoms with Gasteiger partial charge < -0.3 is 14.6 Å².